The zero-order valence-corrected chi connectivity index (χ0v) is 16.6. The van der Waals surface area contributed by atoms with Crippen molar-refractivity contribution < 1.29 is 14.4 Å². The molecule has 0 aliphatic carbocycles. The molecule has 0 bridgehead atoms. The number of thioether (sulfide) groups is 1. The van der Waals surface area contributed by atoms with Gasteiger partial charge in [-0.3, -0.25) is 19.3 Å². The van der Waals surface area contributed by atoms with E-state index in [0.29, 0.717) is 10.5 Å². The van der Waals surface area contributed by atoms with Gasteiger partial charge in [-0.1, -0.05) is 36.4 Å². The first-order valence-electron chi connectivity index (χ1n) is 7.89. The molecule has 1 fully saturated rings. The quantitative estimate of drug-likeness (QED) is 0.525. The first-order valence-corrected chi connectivity index (χ1v) is 9.78. The van der Waals surface area contributed by atoms with Crippen molar-refractivity contribution in [2.75, 3.05) is 13.1 Å². The molecule has 0 atom stereocenters. The third-order valence-electron chi connectivity index (χ3n) is 3.68. The molecule has 1 aliphatic rings. The Balaban J connectivity index is 1.58. The van der Waals surface area contributed by atoms with Crippen LogP contribution < -0.4 is 5.32 Å². The number of nitrogens with one attached hydrogen (secondary N) is 1. The standard InChI is InChI=1S/C19H15IN2O3S/c20-15-8-4-7-14(12-15)17(23)21-9-10-22-18(24)16(26-19(22)25)11-13-5-2-1-3-6-13/h1-8,11-12H,9-10H2,(H,21,23)/b16-11-. The fourth-order valence-electron chi connectivity index (χ4n) is 2.41. The molecule has 5 nitrogen and oxygen atoms in total. The summed E-state index contributed by atoms with van der Waals surface area (Å²) in [6.07, 6.45) is 1.70. The van der Waals surface area contributed by atoms with Crippen LogP contribution in [0.1, 0.15) is 15.9 Å². The van der Waals surface area contributed by atoms with Gasteiger partial charge < -0.3 is 5.32 Å². The average Bonchev–Trinajstić information content (AvgIpc) is 2.90. The number of carbonyl (C=O) groups excluding carboxylic acids is 3. The molecule has 1 saturated heterocycles. The highest BCUT2D eigenvalue weighted by Crippen LogP contribution is 2.31. The van der Waals surface area contributed by atoms with E-state index in [2.05, 4.69) is 27.9 Å². The first-order chi connectivity index (χ1) is 12.5. The van der Waals surface area contributed by atoms with Crippen molar-refractivity contribution in [3.05, 3.63) is 74.2 Å². The summed E-state index contributed by atoms with van der Waals surface area (Å²) in [7, 11) is 0. The van der Waals surface area contributed by atoms with Crippen LogP contribution in [0.4, 0.5) is 4.79 Å². The maximum Gasteiger partial charge on any atom is 0.293 e. The van der Waals surface area contributed by atoms with Crippen molar-refractivity contribution >= 4 is 57.5 Å². The molecule has 3 rings (SSSR count). The second kappa shape index (κ2) is 8.50. The Morgan fingerprint density at radius 1 is 1.12 bits per heavy atom. The minimum absolute atomic E-state index is 0.145. The maximum atomic E-state index is 12.4. The molecule has 2 aromatic rings. The van der Waals surface area contributed by atoms with Crippen LogP contribution in [0.3, 0.4) is 0 Å². The molecule has 2 aromatic carbocycles. The number of halogens is 1. The van der Waals surface area contributed by atoms with Crippen LogP contribution in [0.5, 0.6) is 0 Å². The van der Waals surface area contributed by atoms with Crippen molar-refractivity contribution in [1.29, 1.82) is 0 Å². The predicted molar refractivity (Wildman–Crippen MR) is 111 cm³/mol. The molecule has 0 saturated carbocycles. The van der Waals surface area contributed by atoms with E-state index in [-0.39, 0.29) is 30.1 Å². The van der Waals surface area contributed by atoms with Gasteiger partial charge in [-0.15, -0.1) is 0 Å². The van der Waals surface area contributed by atoms with E-state index in [1.54, 1.807) is 18.2 Å². The zero-order valence-electron chi connectivity index (χ0n) is 13.6. The lowest BCUT2D eigenvalue weighted by atomic mass is 10.2. The summed E-state index contributed by atoms with van der Waals surface area (Å²) in [6, 6.07) is 16.6. The molecule has 26 heavy (non-hydrogen) atoms. The van der Waals surface area contributed by atoms with E-state index in [1.807, 2.05) is 42.5 Å². The van der Waals surface area contributed by atoms with Crippen molar-refractivity contribution in [3.8, 4) is 0 Å². The minimum atomic E-state index is -0.327. The largest absolute Gasteiger partial charge is 0.350 e. The topological polar surface area (TPSA) is 66.5 Å². The molecule has 0 unspecified atom stereocenters. The number of carbonyl (C=O) groups is 3. The fourth-order valence-corrected chi connectivity index (χ4v) is 3.81. The van der Waals surface area contributed by atoms with Gasteiger partial charge in [0.05, 0.1) is 4.91 Å². The highest BCUT2D eigenvalue weighted by atomic mass is 127. The van der Waals surface area contributed by atoms with Crippen molar-refractivity contribution in [1.82, 2.24) is 10.2 Å². The molecular formula is C19H15IN2O3S. The number of hydrogen-bond donors (Lipinski definition) is 1. The van der Waals surface area contributed by atoms with E-state index >= 15 is 0 Å². The Hall–Kier alpha value is -2.13. The second-order valence-corrected chi connectivity index (χ2v) is 7.75. The van der Waals surface area contributed by atoms with Gasteiger partial charge in [0.15, 0.2) is 0 Å². The molecule has 0 radical (unpaired) electrons. The van der Waals surface area contributed by atoms with Gasteiger partial charge >= 0.3 is 0 Å². The van der Waals surface area contributed by atoms with Gasteiger partial charge in [-0.25, -0.2) is 0 Å². The van der Waals surface area contributed by atoms with E-state index in [9.17, 15) is 14.4 Å². The highest BCUT2D eigenvalue weighted by molar-refractivity contribution is 14.1. The monoisotopic (exact) mass is 478 g/mol. The van der Waals surface area contributed by atoms with Crippen molar-refractivity contribution in [2.24, 2.45) is 0 Å². The van der Waals surface area contributed by atoms with Crippen molar-refractivity contribution in [2.45, 2.75) is 0 Å². The average molecular weight is 478 g/mol. The lowest BCUT2D eigenvalue weighted by molar-refractivity contribution is -0.122. The number of nitrogens with zero attached hydrogens (tertiary/aromatic N) is 1. The van der Waals surface area contributed by atoms with Crippen molar-refractivity contribution in [3.63, 3.8) is 0 Å². The fraction of sp³-hybridized carbons (Fsp3) is 0.105. The summed E-state index contributed by atoms with van der Waals surface area (Å²) < 4.78 is 0.965. The van der Waals surface area contributed by atoms with Crippen LogP contribution >= 0.6 is 34.4 Å². The van der Waals surface area contributed by atoms with Gasteiger partial charge in [-0.05, 0) is 64.2 Å². The lowest BCUT2D eigenvalue weighted by Crippen LogP contribution is -2.37. The first kappa shape index (κ1) is 18.7. The molecule has 132 valence electrons. The Bertz CT molecular complexity index is 883. The highest BCUT2D eigenvalue weighted by Gasteiger charge is 2.34. The van der Waals surface area contributed by atoms with Crippen LogP contribution in [0, 0.1) is 3.57 Å². The third kappa shape index (κ3) is 4.53. The molecule has 0 aromatic heterocycles. The summed E-state index contributed by atoms with van der Waals surface area (Å²) in [5, 5.41) is 2.42. The molecule has 1 aliphatic heterocycles. The van der Waals surface area contributed by atoms with Crippen LogP contribution in [0.15, 0.2) is 59.5 Å². The van der Waals surface area contributed by atoms with Gasteiger partial charge in [0, 0.05) is 22.2 Å². The summed E-state index contributed by atoms with van der Waals surface area (Å²) in [5.41, 5.74) is 1.42. The maximum absolute atomic E-state index is 12.4. The number of amides is 3. The molecule has 0 spiro atoms. The van der Waals surface area contributed by atoms with E-state index in [1.165, 1.54) is 0 Å². The number of hydrogen-bond acceptors (Lipinski definition) is 4. The molecule has 1 N–H and O–H groups in total. The second-order valence-electron chi connectivity index (χ2n) is 5.51. The number of imide groups is 1. The summed E-state index contributed by atoms with van der Waals surface area (Å²) >= 11 is 3.06. The summed E-state index contributed by atoms with van der Waals surface area (Å²) in [4.78, 5) is 38.2. The van der Waals surface area contributed by atoms with Gasteiger partial charge in [-0.2, -0.15) is 0 Å². The van der Waals surface area contributed by atoms with E-state index in [0.717, 1.165) is 25.8 Å². The van der Waals surface area contributed by atoms with E-state index < -0.39 is 0 Å². The molecular weight excluding hydrogens is 463 g/mol. The Morgan fingerprint density at radius 3 is 2.62 bits per heavy atom. The van der Waals surface area contributed by atoms with Crippen LogP contribution in [0.25, 0.3) is 6.08 Å². The molecule has 3 amide bonds. The van der Waals surface area contributed by atoms with Gasteiger partial charge in [0.2, 0.25) is 0 Å². The Kier molecular flexibility index (Phi) is 6.10. The van der Waals surface area contributed by atoms with Gasteiger partial charge in [0.1, 0.15) is 0 Å². The molecule has 1 heterocycles. The van der Waals surface area contributed by atoms with Crippen LogP contribution in [-0.4, -0.2) is 35.0 Å². The SMILES string of the molecule is O=C(NCCN1C(=O)S/C(=C\c2ccccc2)C1=O)c1cccc(I)c1. The van der Waals surface area contributed by atoms with Crippen LogP contribution in [-0.2, 0) is 4.79 Å². The van der Waals surface area contributed by atoms with Gasteiger partial charge in [0.25, 0.3) is 17.1 Å². The molecule has 7 heteroatoms. The van der Waals surface area contributed by atoms with E-state index in [4.69, 9.17) is 0 Å². The minimum Gasteiger partial charge on any atom is -0.350 e. The number of benzene rings is 2. The van der Waals surface area contributed by atoms with Crippen LogP contribution in [0.2, 0.25) is 0 Å². The Morgan fingerprint density at radius 2 is 1.88 bits per heavy atom. The summed E-state index contributed by atoms with van der Waals surface area (Å²) in [5.74, 6) is -0.553. The zero-order chi connectivity index (χ0) is 18.5. The smallest absolute Gasteiger partial charge is 0.293 e. The predicted octanol–water partition coefficient (Wildman–Crippen LogP) is 3.76. The third-order valence-corrected chi connectivity index (χ3v) is 5.26. The normalized spacial score (nSPS) is 15.6. The Labute approximate surface area is 169 Å². The number of rotatable bonds is 5. The lowest BCUT2D eigenvalue weighted by Gasteiger charge is -2.13. The summed E-state index contributed by atoms with van der Waals surface area (Å²) in [6.45, 7) is 0.355.